The highest BCUT2D eigenvalue weighted by molar-refractivity contribution is 7.26. The molecule has 0 fully saturated rings. The average Bonchev–Trinajstić information content (AvgIpc) is 3.20. The van der Waals surface area contributed by atoms with E-state index in [1.807, 2.05) is 11.3 Å². The van der Waals surface area contributed by atoms with Crippen molar-refractivity contribution in [3.63, 3.8) is 0 Å². The van der Waals surface area contributed by atoms with Gasteiger partial charge in [-0.1, -0.05) is 66.7 Å². The molecule has 6 aromatic rings. The van der Waals surface area contributed by atoms with Crippen molar-refractivity contribution in [2.24, 2.45) is 0 Å². The van der Waals surface area contributed by atoms with E-state index in [9.17, 15) is 0 Å². The molecule has 24 heavy (non-hydrogen) atoms. The molecule has 1 nitrogen and oxygen atoms in total. The van der Waals surface area contributed by atoms with Crippen LogP contribution >= 0.6 is 11.3 Å². The zero-order chi connectivity index (χ0) is 15.7. The van der Waals surface area contributed by atoms with Gasteiger partial charge in [-0.2, -0.15) is 0 Å². The van der Waals surface area contributed by atoms with Crippen molar-refractivity contribution in [2.45, 2.75) is 0 Å². The van der Waals surface area contributed by atoms with Gasteiger partial charge in [-0.25, -0.2) is 0 Å². The monoisotopic (exact) mass is 323 g/mol. The zero-order valence-electron chi connectivity index (χ0n) is 12.8. The first-order chi connectivity index (χ1) is 11.9. The number of nitrogens with one attached hydrogen (secondary N) is 1. The molecule has 0 radical (unpaired) electrons. The highest BCUT2D eigenvalue weighted by Gasteiger charge is 2.13. The third-order valence-corrected chi connectivity index (χ3v) is 6.22. The summed E-state index contributed by atoms with van der Waals surface area (Å²) < 4.78 is 2.71. The molecule has 0 spiro atoms. The summed E-state index contributed by atoms with van der Waals surface area (Å²) in [6, 6.07) is 26.3. The van der Waals surface area contributed by atoms with E-state index in [1.165, 1.54) is 52.8 Å². The Labute approximate surface area is 142 Å². The number of aromatic nitrogens is 1. The van der Waals surface area contributed by atoms with Crippen molar-refractivity contribution in [1.29, 1.82) is 0 Å². The predicted molar refractivity (Wildman–Crippen MR) is 106 cm³/mol. The summed E-state index contributed by atoms with van der Waals surface area (Å²) >= 11 is 1.88. The normalized spacial score (nSPS) is 12.2. The van der Waals surface area contributed by atoms with Gasteiger partial charge in [-0.15, -0.1) is 11.3 Å². The molecule has 0 saturated heterocycles. The lowest BCUT2D eigenvalue weighted by atomic mass is 10.1. The Morgan fingerprint density at radius 3 is 2.21 bits per heavy atom. The first-order valence-corrected chi connectivity index (χ1v) is 8.95. The van der Waals surface area contributed by atoms with Crippen LogP contribution in [0.2, 0.25) is 0 Å². The van der Waals surface area contributed by atoms with Crippen LogP contribution in [0.15, 0.2) is 72.8 Å². The SMILES string of the molecule is c1ccc2c(c1)ccc1c3ccc4c5ccccc5sc4c3[nH]c21. The number of hydrogen-bond donors (Lipinski definition) is 1. The molecule has 0 bridgehead atoms. The number of aromatic amines is 1. The minimum absolute atomic E-state index is 1.24. The van der Waals surface area contributed by atoms with E-state index >= 15 is 0 Å². The molecular weight excluding hydrogens is 310 g/mol. The van der Waals surface area contributed by atoms with Crippen LogP contribution in [0.5, 0.6) is 0 Å². The fourth-order valence-electron chi connectivity index (χ4n) is 3.89. The minimum Gasteiger partial charge on any atom is -0.353 e. The van der Waals surface area contributed by atoms with Gasteiger partial charge >= 0.3 is 0 Å². The summed E-state index contributed by atoms with van der Waals surface area (Å²) in [7, 11) is 0. The van der Waals surface area contributed by atoms with Gasteiger partial charge < -0.3 is 4.98 Å². The Morgan fingerprint density at radius 2 is 1.25 bits per heavy atom. The standard InChI is InChI=1S/C22H13NS/c1-2-6-14-13(5-1)9-10-16-17-11-12-18-15-7-3-4-8-19(15)24-22(18)21(17)23-20(14)16/h1-12,23H. The molecule has 2 heterocycles. The number of rotatable bonds is 0. The maximum atomic E-state index is 3.74. The fraction of sp³-hybridized carbons (Fsp3) is 0. The van der Waals surface area contributed by atoms with Crippen LogP contribution in [0.25, 0.3) is 52.8 Å². The van der Waals surface area contributed by atoms with Crippen LogP contribution in [-0.2, 0) is 0 Å². The molecule has 0 amide bonds. The summed E-state index contributed by atoms with van der Waals surface area (Å²) in [6.45, 7) is 0. The van der Waals surface area contributed by atoms with Crippen LogP contribution in [0.3, 0.4) is 0 Å². The summed E-state index contributed by atoms with van der Waals surface area (Å²) in [6.07, 6.45) is 0. The van der Waals surface area contributed by atoms with Gasteiger partial charge in [0.25, 0.3) is 0 Å². The summed E-state index contributed by atoms with van der Waals surface area (Å²) in [5.74, 6) is 0. The zero-order valence-corrected chi connectivity index (χ0v) is 13.7. The van der Waals surface area contributed by atoms with Crippen LogP contribution in [0.1, 0.15) is 0 Å². The van der Waals surface area contributed by atoms with Crippen LogP contribution in [0.4, 0.5) is 0 Å². The molecule has 1 N–H and O–H groups in total. The second-order valence-corrected chi connectivity index (χ2v) is 7.35. The molecule has 6 rings (SSSR count). The first-order valence-electron chi connectivity index (χ1n) is 8.13. The molecule has 4 aromatic carbocycles. The van der Waals surface area contributed by atoms with Crippen LogP contribution in [-0.4, -0.2) is 4.98 Å². The van der Waals surface area contributed by atoms with E-state index in [0.717, 1.165) is 0 Å². The second kappa shape index (κ2) is 4.37. The smallest absolute Gasteiger partial charge is 0.0646 e. The van der Waals surface area contributed by atoms with E-state index in [-0.39, 0.29) is 0 Å². The van der Waals surface area contributed by atoms with Gasteiger partial charge in [0.1, 0.15) is 0 Å². The largest absolute Gasteiger partial charge is 0.353 e. The molecule has 0 atom stereocenters. The summed E-state index contributed by atoms with van der Waals surface area (Å²) in [4.78, 5) is 3.74. The molecular formula is C22H13NS. The minimum atomic E-state index is 1.24. The Bertz CT molecular complexity index is 1400. The van der Waals surface area contributed by atoms with Crippen LogP contribution < -0.4 is 0 Å². The van der Waals surface area contributed by atoms with Gasteiger partial charge in [0, 0.05) is 31.6 Å². The second-order valence-electron chi connectivity index (χ2n) is 6.30. The van der Waals surface area contributed by atoms with Gasteiger partial charge in [-0.3, -0.25) is 0 Å². The number of thiophene rings is 1. The lowest BCUT2D eigenvalue weighted by Gasteiger charge is -1.98. The molecule has 0 unspecified atom stereocenters. The third-order valence-electron chi connectivity index (χ3n) is 5.02. The fourth-order valence-corrected chi connectivity index (χ4v) is 5.10. The molecule has 0 aliphatic heterocycles. The van der Waals surface area contributed by atoms with Crippen molar-refractivity contribution in [1.82, 2.24) is 4.98 Å². The van der Waals surface area contributed by atoms with Gasteiger partial charge in [0.05, 0.1) is 15.7 Å². The number of H-pyrrole nitrogens is 1. The Morgan fingerprint density at radius 1 is 0.542 bits per heavy atom. The van der Waals surface area contributed by atoms with E-state index in [2.05, 4.69) is 77.8 Å². The molecule has 0 aliphatic carbocycles. The lowest BCUT2D eigenvalue weighted by Crippen LogP contribution is -1.74. The predicted octanol–water partition coefficient (Wildman–Crippen LogP) is 6.84. The lowest BCUT2D eigenvalue weighted by molar-refractivity contribution is 1.59. The third kappa shape index (κ3) is 1.49. The van der Waals surface area contributed by atoms with Crippen molar-refractivity contribution in [2.75, 3.05) is 0 Å². The Hall–Kier alpha value is -2.84. The highest BCUT2D eigenvalue weighted by atomic mass is 32.1. The Kier molecular flexibility index (Phi) is 2.29. The van der Waals surface area contributed by atoms with Crippen molar-refractivity contribution in [3.05, 3.63) is 72.8 Å². The highest BCUT2D eigenvalue weighted by Crippen LogP contribution is 2.41. The maximum absolute atomic E-state index is 3.74. The van der Waals surface area contributed by atoms with E-state index in [1.54, 1.807) is 0 Å². The number of fused-ring (bicyclic) bond motifs is 9. The molecule has 2 aromatic heterocycles. The van der Waals surface area contributed by atoms with Crippen LogP contribution in [0, 0.1) is 0 Å². The summed E-state index contributed by atoms with van der Waals surface area (Å²) in [5, 5.41) is 7.89. The quantitative estimate of drug-likeness (QED) is 0.315. The van der Waals surface area contributed by atoms with E-state index < -0.39 is 0 Å². The number of benzene rings is 4. The van der Waals surface area contributed by atoms with E-state index in [4.69, 9.17) is 0 Å². The Balaban J connectivity index is 1.89. The number of hydrogen-bond acceptors (Lipinski definition) is 1. The van der Waals surface area contributed by atoms with Gasteiger partial charge in [0.2, 0.25) is 0 Å². The molecule has 112 valence electrons. The van der Waals surface area contributed by atoms with E-state index in [0.29, 0.717) is 0 Å². The topological polar surface area (TPSA) is 15.8 Å². The summed E-state index contributed by atoms with van der Waals surface area (Å²) in [5.41, 5.74) is 2.51. The maximum Gasteiger partial charge on any atom is 0.0646 e. The van der Waals surface area contributed by atoms with Crippen molar-refractivity contribution < 1.29 is 0 Å². The van der Waals surface area contributed by atoms with Gasteiger partial charge in [-0.05, 0) is 11.5 Å². The molecule has 0 aliphatic rings. The average molecular weight is 323 g/mol. The van der Waals surface area contributed by atoms with Crippen molar-refractivity contribution >= 4 is 64.1 Å². The van der Waals surface area contributed by atoms with Crippen molar-refractivity contribution in [3.8, 4) is 0 Å². The van der Waals surface area contributed by atoms with Gasteiger partial charge in [0.15, 0.2) is 0 Å². The first kappa shape index (κ1) is 12.6. The molecule has 2 heteroatoms. The molecule has 0 saturated carbocycles.